The smallest absolute Gasteiger partial charge is 0.251 e. The summed E-state index contributed by atoms with van der Waals surface area (Å²) in [6.07, 6.45) is 0.774. The van der Waals surface area contributed by atoms with E-state index in [-0.39, 0.29) is 11.9 Å². The quantitative estimate of drug-likeness (QED) is 0.816. The van der Waals surface area contributed by atoms with E-state index in [2.05, 4.69) is 5.32 Å². The second kappa shape index (κ2) is 6.83. The highest BCUT2D eigenvalue weighted by atomic mass is 35.5. The summed E-state index contributed by atoms with van der Waals surface area (Å²) in [5, 5.41) is 4.03. The van der Waals surface area contributed by atoms with Crippen LogP contribution in [0.25, 0.3) is 0 Å². The molecule has 0 aliphatic heterocycles. The van der Waals surface area contributed by atoms with E-state index in [9.17, 15) is 4.79 Å². The third-order valence-corrected chi connectivity index (χ3v) is 3.83. The van der Waals surface area contributed by atoms with Gasteiger partial charge in [-0.05, 0) is 42.3 Å². The molecular weight excluding hydrogens is 307 g/mol. The molecule has 0 radical (unpaired) electrons. The van der Waals surface area contributed by atoms with Gasteiger partial charge in [-0.15, -0.1) is 0 Å². The molecule has 5 heteroatoms. The van der Waals surface area contributed by atoms with Crippen LogP contribution in [-0.2, 0) is 0 Å². The lowest BCUT2D eigenvalue weighted by Crippen LogP contribution is -2.28. The highest BCUT2D eigenvalue weighted by Gasteiger charge is 2.14. The summed E-state index contributed by atoms with van der Waals surface area (Å²) in [7, 11) is 0. The van der Waals surface area contributed by atoms with Crippen LogP contribution in [0.2, 0.25) is 10.0 Å². The highest BCUT2D eigenvalue weighted by molar-refractivity contribution is 6.33. The molecule has 0 fully saturated rings. The Balaban J connectivity index is 2.15. The minimum Gasteiger partial charge on any atom is -0.398 e. The Kier molecular flexibility index (Phi) is 5.10. The molecule has 3 nitrogen and oxygen atoms in total. The van der Waals surface area contributed by atoms with Gasteiger partial charge in [0, 0.05) is 10.6 Å². The van der Waals surface area contributed by atoms with Crippen LogP contribution in [0.3, 0.4) is 0 Å². The summed E-state index contributed by atoms with van der Waals surface area (Å²) in [6.45, 7) is 2.01. The number of nitrogen functional groups attached to an aromatic ring is 1. The number of nitrogens with two attached hydrogens (primary N) is 1. The third-order valence-electron chi connectivity index (χ3n) is 3.25. The Labute approximate surface area is 134 Å². The first-order valence-electron chi connectivity index (χ1n) is 6.62. The first-order chi connectivity index (χ1) is 10.0. The molecule has 1 atom stereocenters. The molecule has 2 aromatic rings. The summed E-state index contributed by atoms with van der Waals surface area (Å²) in [6, 6.07) is 12.2. The number of rotatable bonds is 4. The molecule has 0 aromatic heterocycles. The molecule has 110 valence electrons. The molecule has 0 spiro atoms. The van der Waals surface area contributed by atoms with Crippen LogP contribution < -0.4 is 11.1 Å². The summed E-state index contributed by atoms with van der Waals surface area (Å²) in [5.41, 5.74) is 7.60. The van der Waals surface area contributed by atoms with Gasteiger partial charge in [0.15, 0.2) is 0 Å². The van der Waals surface area contributed by atoms with Crippen molar-refractivity contribution in [3.05, 3.63) is 63.6 Å². The van der Waals surface area contributed by atoms with E-state index in [0.717, 1.165) is 12.0 Å². The predicted molar refractivity (Wildman–Crippen MR) is 87.8 cm³/mol. The van der Waals surface area contributed by atoms with Gasteiger partial charge < -0.3 is 11.1 Å². The number of hydrogen-bond donors (Lipinski definition) is 2. The summed E-state index contributed by atoms with van der Waals surface area (Å²) in [4.78, 5) is 12.3. The van der Waals surface area contributed by atoms with Crippen LogP contribution in [-0.4, -0.2) is 5.91 Å². The van der Waals surface area contributed by atoms with Gasteiger partial charge >= 0.3 is 0 Å². The second-order valence-electron chi connectivity index (χ2n) is 4.72. The number of carbonyl (C=O) groups is 1. The molecule has 0 aliphatic rings. The topological polar surface area (TPSA) is 55.1 Å². The SMILES string of the molecule is CCC(NC(=O)c1ccc(N)c(Cl)c1)c1ccc(Cl)cc1. The zero-order valence-electron chi connectivity index (χ0n) is 11.6. The van der Waals surface area contributed by atoms with Gasteiger partial charge in [0.25, 0.3) is 5.91 Å². The lowest BCUT2D eigenvalue weighted by molar-refractivity contribution is 0.0935. The van der Waals surface area contributed by atoms with Gasteiger partial charge in [-0.1, -0.05) is 42.3 Å². The summed E-state index contributed by atoms with van der Waals surface area (Å²) < 4.78 is 0. The number of benzene rings is 2. The van der Waals surface area contributed by atoms with Crippen molar-refractivity contribution in [2.75, 3.05) is 5.73 Å². The van der Waals surface area contributed by atoms with Gasteiger partial charge in [-0.2, -0.15) is 0 Å². The molecule has 3 N–H and O–H groups in total. The molecule has 1 amide bonds. The number of amides is 1. The zero-order chi connectivity index (χ0) is 15.4. The van der Waals surface area contributed by atoms with E-state index in [1.165, 1.54) is 0 Å². The molecule has 2 aromatic carbocycles. The molecule has 21 heavy (non-hydrogen) atoms. The number of hydrogen-bond acceptors (Lipinski definition) is 2. The van der Waals surface area contributed by atoms with Crippen molar-refractivity contribution in [1.82, 2.24) is 5.32 Å². The van der Waals surface area contributed by atoms with Crippen molar-refractivity contribution in [3.8, 4) is 0 Å². The van der Waals surface area contributed by atoms with Crippen LogP contribution in [0.5, 0.6) is 0 Å². The maximum Gasteiger partial charge on any atom is 0.251 e. The van der Waals surface area contributed by atoms with Crippen molar-refractivity contribution in [3.63, 3.8) is 0 Å². The van der Waals surface area contributed by atoms with Crippen molar-refractivity contribution < 1.29 is 4.79 Å². The third kappa shape index (κ3) is 3.90. The number of nitrogens with one attached hydrogen (secondary N) is 1. The highest BCUT2D eigenvalue weighted by Crippen LogP contribution is 2.22. The molecular formula is C16H16Cl2N2O. The van der Waals surface area contributed by atoms with Crippen molar-refractivity contribution in [1.29, 1.82) is 0 Å². The first kappa shape index (κ1) is 15.7. The first-order valence-corrected chi connectivity index (χ1v) is 7.38. The molecule has 0 aliphatic carbocycles. The van der Waals surface area contributed by atoms with Crippen LogP contribution in [0, 0.1) is 0 Å². The van der Waals surface area contributed by atoms with E-state index < -0.39 is 0 Å². The Morgan fingerprint density at radius 3 is 2.43 bits per heavy atom. The van der Waals surface area contributed by atoms with Crippen molar-refractivity contribution >= 4 is 34.8 Å². The van der Waals surface area contributed by atoms with Crippen molar-refractivity contribution in [2.45, 2.75) is 19.4 Å². The number of halogens is 2. The minimum atomic E-state index is -0.182. The van der Waals surface area contributed by atoms with E-state index in [1.54, 1.807) is 18.2 Å². The fourth-order valence-electron chi connectivity index (χ4n) is 2.03. The minimum absolute atomic E-state index is 0.0777. The Bertz CT molecular complexity index is 641. The van der Waals surface area contributed by atoms with E-state index in [0.29, 0.717) is 21.3 Å². The van der Waals surface area contributed by atoms with Gasteiger partial charge in [-0.3, -0.25) is 4.79 Å². The van der Waals surface area contributed by atoms with E-state index >= 15 is 0 Å². The van der Waals surface area contributed by atoms with Gasteiger partial charge in [-0.25, -0.2) is 0 Å². The van der Waals surface area contributed by atoms with Crippen LogP contribution >= 0.6 is 23.2 Å². The molecule has 0 heterocycles. The number of carbonyl (C=O) groups excluding carboxylic acids is 1. The fraction of sp³-hybridized carbons (Fsp3) is 0.188. The fourth-order valence-corrected chi connectivity index (χ4v) is 2.33. The lowest BCUT2D eigenvalue weighted by Gasteiger charge is -2.18. The largest absolute Gasteiger partial charge is 0.398 e. The lowest BCUT2D eigenvalue weighted by atomic mass is 10.0. The molecule has 1 unspecified atom stereocenters. The van der Waals surface area contributed by atoms with E-state index in [4.69, 9.17) is 28.9 Å². The summed E-state index contributed by atoms with van der Waals surface area (Å²) >= 11 is 11.8. The molecule has 0 saturated carbocycles. The monoisotopic (exact) mass is 322 g/mol. The summed E-state index contributed by atoms with van der Waals surface area (Å²) in [5.74, 6) is -0.182. The molecule has 2 rings (SSSR count). The van der Waals surface area contributed by atoms with Gasteiger partial charge in [0.05, 0.1) is 16.8 Å². The average Bonchev–Trinajstić information content (AvgIpc) is 2.48. The van der Waals surface area contributed by atoms with Gasteiger partial charge in [0.2, 0.25) is 0 Å². The van der Waals surface area contributed by atoms with Gasteiger partial charge in [0.1, 0.15) is 0 Å². The second-order valence-corrected chi connectivity index (χ2v) is 5.57. The Morgan fingerprint density at radius 2 is 1.86 bits per heavy atom. The maximum absolute atomic E-state index is 12.3. The van der Waals surface area contributed by atoms with Crippen LogP contribution in [0.1, 0.15) is 35.3 Å². The normalized spacial score (nSPS) is 12.0. The predicted octanol–water partition coefficient (Wildman–Crippen LogP) is 4.46. The van der Waals surface area contributed by atoms with Crippen LogP contribution in [0.15, 0.2) is 42.5 Å². The maximum atomic E-state index is 12.3. The average molecular weight is 323 g/mol. The van der Waals surface area contributed by atoms with Crippen LogP contribution in [0.4, 0.5) is 5.69 Å². The number of anilines is 1. The standard InChI is InChI=1S/C16H16Cl2N2O/c1-2-15(10-3-6-12(17)7-4-10)20-16(21)11-5-8-14(19)13(18)9-11/h3-9,15H,2,19H2,1H3,(H,20,21). The van der Waals surface area contributed by atoms with E-state index in [1.807, 2.05) is 31.2 Å². The molecule has 0 saturated heterocycles. The molecule has 0 bridgehead atoms. The van der Waals surface area contributed by atoms with Crippen molar-refractivity contribution in [2.24, 2.45) is 0 Å². The Morgan fingerprint density at radius 1 is 1.19 bits per heavy atom. The zero-order valence-corrected chi connectivity index (χ0v) is 13.1. The Hall–Kier alpha value is -1.71.